The first-order chi connectivity index (χ1) is 31.6. The van der Waals surface area contributed by atoms with Crippen LogP contribution in [0.2, 0.25) is 0 Å². The molecule has 0 saturated carbocycles. The molecule has 0 saturated heterocycles. The molecular formula is C56H98NO8+. The molecule has 65 heavy (non-hydrogen) atoms. The number of esters is 2. The molecule has 1 N–H and O–H groups in total. The van der Waals surface area contributed by atoms with Crippen molar-refractivity contribution in [3.8, 4) is 0 Å². The number of allylic oxidation sites excluding steroid dienone is 12. The van der Waals surface area contributed by atoms with Gasteiger partial charge in [-0.05, 0) is 83.5 Å². The summed E-state index contributed by atoms with van der Waals surface area (Å²) in [7, 11) is 5.95. The second kappa shape index (κ2) is 47.2. The number of nitrogens with zero attached hydrogens (tertiary/aromatic N) is 1. The Morgan fingerprint density at radius 1 is 0.477 bits per heavy atom. The molecule has 9 nitrogen and oxygen atoms in total. The van der Waals surface area contributed by atoms with Crippen molar-refractivity contribution >= 4 is 17.9 Å². The Kier molecular flexibility index (Phi) is 44.9. The lowest BCUT2D eigenvalue weighted by atomic mass is 10.0. The van der Waals surface area contributed by atoms with Gasteiger partial charge in [-0.25, -0.2) is 4.79 Å². The molecule has 9 heteroatoms. The second-order valence-electron chi connectivity index (χ2n) is 18.4. The number of hydrogen-bond donors (Lipinski definition) is 1. The van der Waals surface area contributed by atoms with Crippen molar-refractivity contribution in [1.82, 2.24) is 0 Å². The number of quaternary nitrogens is 1. The maximum Gasteiger partial charge on any atom is 0.361 e. The Morgan fingerprint density at radius 3 is 1.31 bits per heavy atom. The molecule has 0 rings (SSSR count). The topological polar surface area (TPSA) is 108 Å². The van der Waals surface area contributed by atoms with Gasteiger partial charge in [-0.15, -0.1) is 0 Å². The summed E-state index contributed by atoms with van der Waals surface area (Å²) < 4.78 is 22.8. The summed E-state index contributed by atoms with van der Waals surface area (Å²) >= 11 is 0. The highest BCUT2D eigenvalue weighted by molar-refractivity contribution is 5.71. The number of rotatable bonds is 47. The quantitative estimate of drug-likeness (QED) is 0.0211. The van der Waals surface area contributed by atoms with Crippen LogP contribution in [-0.4, -0.2) is 87.4 Å². The summed E-state index contributed by atoms with van der Waals surface area (Å²) in [5.41, 5.74) is 0. The minimum Gasteiger partial charge on any atom is -0.477 e. The van der Waals surface area contributed by atoms with Crippen molar-refractivity contribution in [3.05, 3.63) is 72.9 Å². The third-order valence-electron chi connectivity index (χ3n) is 10.9. The van der Waals surface area contributed by atoms with E-state index in [-0.39, 0.29) is 38.6 Å². The number of carbonyl (C=O) groups excluding carboxylic acids is 2. The van der Waals surface area contributed by atoms with Gasteiger partial charge >= 0.3 is 17.9 Å². The van der Waals surface area contributed by atoms with E-state index >= 15 is 0 Å². The minimum atomic E-state index is -1.52. The third-order valence-corrected chi connectivity index (χ3v) is 10.9. The highest BCUT2D eigenvalue weighted by Gasteiger charge is 2.25. The lowest BCUT2D eigenvalue weighted by molar-refractivity contribution is -0.870. The van der Waals surface area contributed by atoms with Crippen molar-refractivity contribution in [1.29, 1.82) is 0 Å². The zero-order chi connectivity index (χ0) is 47.7. The molecule has 0 aliphatic heterocycles. The van der Waals surface area contributed by atoms with E-state index in [2.05, 4.69) is 86.8 Å². The minimum absolute atomic E-state index is 0.182. The van der Waals surface area contributed by atoms with Crippen LogP contribution in [0, 0.1) is 0 Å². The van der Waals surface area contributed by atoms with Crippen molar-refractivity contribution in [2.75, 3.05) is 47.5 Å². The van der Waals surface area contributed by atoms with E-state index in [1.807, 2.05) is 21.1 Å². The molecular weight excluding hydrogens is 815 g/mol. The Labute approximate surface area is 398 Å². The average molecular weight is 913 g/mol. The van der Waals surface area contributed by atoms with Gasteiger partial charge < -0.3 is 28.5 Å². The highest BCUT2D eigenvalue weighted by Crippen LogP contribution is 2.15. The number of likely N-dealkylation sites (N-methyl/N-ethyl adjacent to an activating group) is 1. The number of carbonyl (C=O) groups is 3. The molecule has 0 amide bonds. The van der Waals surface area contributed by atoms with Gasteiger partial charge in [-0.2, -0.15) is 0 Å². The van der Waals surface area contributed by atoms with Gasteiger partial charge in [0.15, 0.2) is 6.10 Å². The fourth-order valence-electron chi connectivity index (χ4n) is 6.92. The number of hydrogen-bond acceptors (Lipinski definition) is 7. The van der Waals surface area contributed by atoms with Gasteiger partial charge in [0.1, 0.15) is 13.2 Å². The summed E-state index contributed by atoms with van der Waals surface area (Å²) in [5.74, 6) is -2.03. The summed E-state index contributed by atoms with van der Waals surface area (Å²) in [6, 6.07) is 0. The molecule has 2 unspecified atom stereocenters. The normalized spacial score (nSPS) is 13.4. The Morgan fingerprint density at radius 2 is 0.877 bits per heavy atom. The van der Waals surface area contributed by atoms with Crippen LogP contribution in [-0.2, 0) is 33.3 Å². The lowest BCUT2D eigenvalue weighted by Gasteiger charge is -2.25. The Bertz CT molecular complexity index is 1290. The molecule has 374 valence electrons. The summed E-state index contributed by atoms with van der Waals surface area (Å²) in [6.45, 7) is 4.71. The smallest absolute Gasteiger partial charge is 0.361 e. The first kappa shape index (κ1) is 61.7. The lowest BCUT2D eigenvalue weighted by Crippen LogP contribution is -2.40. The van der Waals surface area contributed by atoms with E-state index in [4.69, 9.17) is 18.9 Å². The average Bonchev–Trinajstić information content (AvgIpc) is 3.27. The maximum atomic E-state index is 12.8. The predicted molar refractivity (Wildman–Crippen MR) is 272 cm³/mol. The van der Waals surface area contributed by atoms with Crippen LogP contribution >= 0.6 is 0 Å². The fraction of sp³-hybridized carbons (Fsp3) is 0.732. The van der Waals surface area contributed by atoms with Gasteiger partial charge in [-0.1, -0.05) is 183 Å². The van der Waals surface area contributed by atoms with E-state index < -0.39 is 24.3 Å². The number of aliphatic carboxylic acids is 1. The highest BCUT2D eigenvalue weighted by atomic mass is 16.7. The van der Waals surface area contributed by atoms with Gasteiger partial charge in [0, 0.05) is 12.8 Å². The van der Waals surface area contributed by atoms with Crippen LogP contribution < -0.4 is 0 Å². The molecule has 2 atom stereocenters. The molecule has 0 aromatic carbocycles. The van der Waals surface area contributed by atoms with Gasteiger partial charge in [0.25, 0.3) is 6.29 Å². The van der Waals surface area contributed by atoms with Gasteiger partial charge in [0.05, 0.1) is 34.4 Å². The molecule has 0 aliphatic rings. The fourth-order valence-corrected chi connectivity index (χ4v) is 6.92. The largest absolute Gasteiger partial charge is 0.477 e. The van der Waals surface area contributed by atoms with E-state index in [1.54, 1.807) is 0 Å². The summed E-state index contributed by atoms with van der Waals surface area (Å²) in [6.07, 6.45) is 56.8. The first-order valence-corrected chi connectivity index (χ1v) is 26.1. The van der Waals surface area contributed by atoms with Crippen LogP contribution in [0.25, 0.3) is 0 Å². The molecule has 0 aromatic rings. The summed E-state index contributed by atoms with van der Waals surface area (Å²) in [4.78, 5) is 37.3. The van der Waals surface area contributed by atoms with E-state index in [0.29, 0.717) is 17.4 Å². The molecule has 0 spiro atoms. The van der Waals surface area contributed by atoms with Crippen LogP contribution in [0.3, 0.4) is 0 Å². The van der Waals surface area contributed by atoms with Crippen molar-refractivity contribution in [2.45, 2.75) is 219 Å². The second-order valence-corrected chi connectivity index (χ2v) is 18.4. The maximum absolute atomic E-state index is 12.8. The number of ether oxygens (including phenoxy) is 4. The molecule has 0 radical (unpaired) electrons. The Hall–Kier alpha value is -3.27. The third kappa shape index (κ3) is 48.5. The van der Waals surface area contributed by atoms with Crippen LogP contribution in [0.1, 0.15) is 206 Å². The number of unbranched alkanes of at least 4 members (excludes halogenated alkanes) is 20. The Balaban J connectivity index is 4.31. The van der Waals surface area contributed by atoms with E-state index in [0.717, 1.165) is 89.9 Å². The zero-order valence-corrected chi connectivity index (χ0v) is 42.4. The zero-order valence-electron chi connectivity index (χ0n) is 42.4. The van der Waals surface area contributed by atoms with Gasteiger partial charge in [-0.3, -0.25) is 9.59 Å². The van der Waals surface area contributed by atoms with Gasteiger partial charge in [0.2, 0.25) is 0 Å². The molecule has 0 aliphatic carbocycles. The monoisotopic (exact) mass is 913 g/mol. The molecule has 0 fully saturated rings. The van der Waals surface area contributed by atoms with E-state index in [1.165, 1.54) is 83.5 Å². The SMILES string of the molecule is CC/C=C\C/C=C\C/C=C\C/C=C\CCCCCCCCCCCCCCC(=O)OC(COC(=O)CCCCCCC/C=C\C/C=C\CCCCC)COC(OCC[N+](C)(C)C)C(=O)O. The summed E-state index contributed by atoms with van der Waals surface area (Å²) in [5, 5.41) is 9.67. The number of carboxylic acid groups (broad SMARTS) is 1. The number of carboxylic acids is 1. The molecule has 0 aromatic heterocycles. The standard InChI is InChI=1S/C56H97NO8/c1-6-8-10-12-14-16-18-20-22-23-24-25-26-27-28-29-30-31-33-35-37-39-41-43-45-47-54(59)65-52(51-64-56(55(60)61)62-49-48-57(3,4)5)50-63-53(58)46-44-42-40-38-36-34-32-21-19-17-15-13-11-9-7-2/h8,10,14-17,20-22,24-25,32,52,56H,6-7,9,11-13,18-19,23,26-31,33-51H2,1-5H3/p+1/b10-8-,16-14-,17-15-,22-20-,25-24-,32-21-. The van der Waals surface area contributed by atoms with Crippen LogP contribution in [0.15, 0.2) is 72.9 Å². The molecule has 0 bridgehead atoms. The van der Waals surface area contributed by atoms with Crippen LogP contribution in [0.4, 0.5) is 0 Å². The van der Waals surface area contributed by atoms with Crippen molar-refractivity contribution in [3.63, 3.8) is 0 Å². The first-order valence-electron chi connectivity index (χ1n) is 26.1. The van der Waals surface area contributed by atoms with Crippen molar-refractivity contribution in [2.24, 2.45) is 0 Å². The molecule has 0 heterocycles. The van der Waals surface area contributed by atoms with Crippen LogP contribution in [0.5, 0.6) is 0 Å². The van der Waals surface area contributed by atoms with Crippen molar-refractivity contribution < 1.29 is 42.9 Å². The van der Waals surface area contributed by atoms with E-state index in [9.17, 15) is 19.5 Å². The predicted octanol–water partition coefficient (Wildman–Crippen LogP) is 14.7.